The molecule has 3 rings (SSSR count). The Hall–Kier alpha value is -2.43. The van der Waals surface area contributed by atoms with Crippen LogP contribution in [0.15, 0.2) is 51.4 Å². The van der Waals surface area contributed by atoms with Gasteiger partial charge >= 0.3 is 5.97 Å². The Morgan fingerprint density at radius 2 is 1.84 bits per heavy atom. The molecule has 0 aliphatic carbocycles. The van der Waals surface area contributed by atoms with Gasteiger partial charge in [-0.2, -0.15) is 0 Å². The molecular weight excluding hydrogens is 557 g/mol. The summed E-state index contributed by atoms with van der Waals surface area (Å²) in [5.41, 5.74) is 3.30. The van der Waals surface area contributed by atoms with Crippen LogP contribution in [-0.4, -0.2) is 41.9 Å². The van der Waals surface area contributed by atoms with Crippen LogP contribution in [0.1, 0.15) is 16.8 Å². The molecule has 2 aromatic rings. The van der Waals surface area contributed by atoms with Crippen LogP contribution < -0.4 is 10.7 Å². The molecule has 1 atom stereocenters. The average molecular weight is 574 g/mol. The van der Waals surface area contributed by atoms with Crippen molar-refractivity contribution in [2.75, 3.05) is 18.5 Å². The van der Waals surface area contributed by atoms with E-state index in [1.807, 2.05) is 0 Å². The average Bonchev–Trinajstić information content (AvgIpc) is 3.10. The number of esters is 1. The van der Waals surface area contributed by atoms with Crippen LogP contribution in [0.5, 0.6) is 0 Å². The second-order valence-electron chi connectivity index (χ2n) is 6.64. The number of carbonyl (C=O) groups is 4. The predicted octanol–water partition coefficient (Wildman–Crippen LogP) is 3.54. The molecule has 2 N–H and O–H groups in total. The van der Waals surface area contributed by atoms with Crippen LogP contribution in [0.25, 0.3) is 0 Å². The summed E-state index contributed by atoms with van der Waals surface area (Å²) in [4.78, 5) is 48.7. The third kappa shape index (κ3) is 6.28. The van der Waals surface area contributed by atoms with E-state index in [1.54, 1.807) is 42.5 Å². The number of ether oxygens (including phenoxy) is 1. The molecule has 8 nitrogen and oxygen atoms in total. The topological polar surface area (TPSA) is 105 Å². The summed E-state index contributed by atoms with van der Waals surface area (Å²) in [5, 5.41) is 4.07. The lowest BCUT2D eigenvalue weighted by atomic mass is 10.1. The first-order valence-corrected chi connectivity index (χ1v) is 11.0. The summed E-state index contributed by atoms with van der Waals surface area (Å²) < 4.78 is 6.52. The molecule has 2 aromatic carbocycles. The van der Waals surface area contributed by atoms with E-state index in [0.717, 1.165) is 9.48 Å². The van der Waals surface area contributed by atoms with Gasteiger partial charge in [-0.05, 0) is 58.4 Å². The Morgan fingerprint density at radius 3 is 2.52 bits per heavy atom. The van der Waals surface area contributed by atoms with E-state index < -0.39 is 36.2 Å². The highest BCUT2D eigenvalue weighted by Gasteiger charge is 2.36. The SMILES string of the molecule is O=C(COC(=O)[C@@H]1CC(=O)N(NC(=O)c2ccc(Br)cc2)C1)Nc1ccc(Br)c(Cl)c1. The zero-order chi connectivity index (χ0) is 22.5. The van der Waals surface area contributed by atoms with Crippen molar-refractivity contribution in [1.29, 1.82) is 0 Å². The Morgan fingerprint density at radius 1 is 1.13 bits per heavy atom. The van der Waals surface area contributed by atoms with Gasteiger partial charge in [-0.15, -0.1) is 0 Å². The molecule has 0 spiro atoms. The molecule has 3 amide bonds. The standard InChI is InChI=1S/C20H16Br2ClN3O5/c21-13-3-1-11(2-4-13)19(29)25-26-9-12(7-18(26)28)20(30)31-10-17(27)24-14-5-6-15(22)16(23)8-14/h1-6,8,12H,7,9-10H2,(H,24,27)(H,25,29)/t12-/m1/s1. The highest BCUT2D eigenvalue weighted by molar-refractivity contribution is 9.10. The van der Waals surface area contributed by atoms with E-state index in [-0.39, 0.29) is 13.0 Å². The van der Waals surface area contributed by atoms with Gasteiger partial charge in [0.1, 0.15) is 0 Å². The van der Waals surface area contributed by atoms with E-state index in [9.17, 15) is 19.2 Å². The predicted molar refractivity (Wildman–Crippen MR) is 120 cm³/mol. The van der Waals surface area contributed by atoms with Crippen molar-refractivity contribution in [2.45, 2.75) is 6.42 Å². The minimum atomic E-state index is -0.785. The van der Waals surface area contributed by atoms with E-state index >= 15 is 0 Å². The number of carbonyl (C=O) groups excluding carboxylic acids is 4. The smallest absolute Gasteiger partial charge is 0.311 e. The number of nitrogens with zero attached hydrogens (tertiary/aromatic N) is 1. The highest BCUT2D eigenvalue weighted by Crippen LogP contribution is 2.25. The van der Waals surface area contributed by atoms with Gasteiger partial charge < -0.3 is 10.1 Å². The summed E-state index contributed by atoms with van der Waals surface area (Å²) in [5.74, 6) is -2.91. The molecule has 1 heterocycles. The van der Waals surface area contributed by atoms with E-state index in [1.165, 1.54) is 0 Å². The first kappa shape index (κ1) is 23.2. The fraction of sp³-hybridized carbons (Fsp3) is 0.200. The van der Waals surface area contributed by atoms with Crippen molar-refractivity contribution >= 4 is 72.8 Å². The van der Waals surface area contributed by atoms with Crippen LogP contribution in [0.4, 0.5) is 5.69 Å². The van der Waals surface area contributed by atoms with Crippen molar-refractivity contribution in [3.8, 4) is 0 Å². The molecule has 1 saturated heterocycles. The molecule has 0 radical (unpaired) electrons. The van der Waals surface area contributed by atoms with E-state index in [2.05, 4.69) is 42.6 Å². The number of hydrogen-bond acceptors (Lipinski definition) is 5. The fourth-order valence-corrected chi connectivity index (χ4v) is 3.48. The Bertz CT molecular complexity index is 1030. The van der Waals surface area contributed by atoms with Gasteiger partial charge in [0, 0.05) is 26.6 Å². The number of halogens is 3. The molecule has 1 aliphatic rings. The minimum absolute atomic E-state index is 0.0378. The van der Waals surface area contributed by atoms with Crippen LogP contribution in [0, 0.1) is 5.92 Å². The lowest BCUT2D eigenvalue weighted by Gasteiger charge is -2.17. The second-order valence-corrected chi connectivity index (χ2v) is 8.82. The number of hydrazine groups is 1. The largest absolute Gasteiger partial charge is 0.455 e. The normalized spacial score (nSPS) is 15.5. The van der Waals surface area contributed by atoms with Crippen LogP contribution in [0.3, 0.4) is 0 Å². The molecule has 0 saturated carbocycles. The summed E-state index contributed by atoms with van der Waals surface area (Å²) >= 11 is 12.5. The lowest BCUT2D eigenvalue weighted by Crippen LogP contribution is -2.43. The number of anilines is 1. The lowest BCUT2D eigenvalue weighted by molar-refractivity contribution is -0.151. The number of benzene rings is 2. The first-order chi connectivity index (χ1) is 14.7. The molecule has 1 fully saturated rings. The zero-order valence-corrected chi connectivity index (χ0v) is 19.8. The van der Waals surface area contributed by atoms with Crippen molar-refractivity contribution in [3.05, 3.63) is 62.0 Å². The monoisotopic (exact) mass is 571 g/mol. The quantitative estimate of drug-likeness (QED) is 0.515. The van der Waals surface area contributed by atoms with Crippen molar-refractivity contribution in [3.63, 3.8) is 0 Å². The van der Waals surface area contributed by atoms with Crippen LogP contribution in [-0.2, 0) is 19.1 Å². The summed E-state index contributed by atoms with van der Waals surface area (Å²) in [6, 6.07) is 11.5. The maximum atomic E-state index is 12.3. The molecule has 0 aromatic heterocycles. The minimum Gasteiger partial charge on any atom is -0.455 e. The molecule has 0 bridgehead atoms. The number of nitrogens with one attached hydrogen (secondary N) is 2. The maximum absolute atomic E-state index is 12.3. The molecule has 31 heavy (non-hydrogen) atoms. The van der Waals surface area contributed by atoms with E-state index in [4.69, 9.17) is 16.3 Å². The third-order valence-electron chi connectivity index (χ3n) is 4.35. The molecular formula is C20H16Br2ClN3O5. The fourth-order valence-electron chi connectivity index (χ4n) is 2.79. The van der Waals surface area contributed by atoms with Crippen LogP contribution in [0.2, 0.25) is 5.02 Å². The number of amides is 3. The summed E-state index contributed by atoms with van der Waals surface area (Å²) in [7, 11) is 0. The van der Waals surface area contributed by atoms with Crippen LogP contribution >= 0.6 is 43.5 Å². The van der Waals surface area contributed by atoms with Gasteiger partial charge in [-0.1, -0.05) is 27.5 Å². The molecule has 162 valence electrons. The Kier molecular flexibility index (Phi) is 7.69. The molecule has 1 aliphatic heterocycles. The summed E-state index contributed by atoms with van der Waals surface area (Å²) in [6.07, 6.45) is -0.122. The molecule has 0 unspecified atom stereocenters. The number of rotatable bonds is 6. The molecule has 11 heteroatoms. The van der Waals surface area contributed by atoms with Crippen molar-refractivity contribution in [1.82, 2.24) is 10.4 Å². The van der Waals surface area contributed by atoms with Gasteiger partial charge in [0.15, 0.2) is 6.61 Å². The maximum Gasteiger partial charge on any atom is 0.311 e. The summed E-state index contributed by atoms with van der Waals surface area (Å²) in [6.45, 7) is -0.549. The van der Waals surface area contributed by atoms with Crippen molar-refractivity contribution < 1.29 is 23.9 Å². The van der Waals surface area contributed by atoms with E-state index in [0.29, 0.717) is 20.7 Å². The van der Waals surface area contributed by atoms with Gasteiger partial charge in [0.2, 0.25) is 5.91 Å². The zero-order valence-electron chi connectivity index (χ0n) is 15.9. The Labute approximate surface area is 199 Å². The van der Waals surface area contributed by atoms with Gasteiger partial charge in [-0.3, -0.25) is 29.6 Å². The Balaban J connectivity index is 1.48. The number of hydrogen-bond donors (Lipinski definition) is 2. The highest BCUT2D eigenvalue weighted by atomic mass is 79.9. The van der Waals surface area contributed by atoms with Crippen molar-refractivity contribution in [2.24, 2.45) is 5.92 Å². The third-order valence-corrected chi connectivity index (χ3v) is 6.11. The second kappa shape index (κ2) is 10.3. The first-order valence-electron chi connectivity index (χ1n) is 9.01. The van der Waals surface area contributed by atoms with Gasteiger partial charge in [-0.25, -0.2) is 0 Å². The van der Waals surface area contributed by atoms with Gasteiger partial charge in [0.05, 0.1) is 17.5 Å². The van der Waals surface area contributed by atoms with Gasteiger partial charge in [0.25, 0.3) is 11.8 Å².